The lowest BCUT2D eigenvalue weighted by Crippen LogP contribution is -2.09. The smallest absolute Gasteiger partial charge is 0.0718 e. The molecule has 2 N–H and O–H groups in total. The summed E-state index contributed by atoms with van der Waals surface area (Å²) in [7, 11) is 0. The molecule has 0 fully saturated rings. The van der Waals surface area contributed by atoms with Gasteiger partial charge in [0.1, 0.15) is 0 Å². The Morgan fingerprint density at radius 1 is 1.31 bits per heavy atom. The number of hydrogen-bond donors (Lipinski definition) is 1. The molecule has 90 valence electrons. The van der Waals surface area contributed by atoms with Gasteiger partial charge in [-0.2, -0.15) is 0 Å². The molecule has 1 aromatic rings. The van der Waals surface area contributed by atoms with E-state index in [2.05, 4.69) is 15.9 Å². The summed E-state index contributed by atoms with van der Waals surface area (Å²) < 4.78 is 11.8. The van der Waals surface area contributed by atoms with E-state index < -0.39 is 0 Å². The van der Waals surface area contributed by atoms with Gasteiger partial charge >= 0.3 is 0 Å². The maximum absolute atomic E-state index is 5.76. The molecular weight excluding hydrogens is 270 g/mol. The van der Waals surface area contributed by atoms with Gasteiger partial charge in [0.2, 0.25) is 0 Å². The van der Waals surface area contributed by atoms with Gasteiger partial charge in [0.25, 0.3) is 0 Å². The Kier molecular flexibility index (Phi) is 5.80. The third-order valence-corrected chi connectivity index (χ3v) is 2.73. The molecule has 4 heteroatoms. The van der Waals surface area contributed by atoms with Crippen LogP contribution in [0, 0.1) is 0 Å². The second-order valence-electron chi connectivity index (χ2n) is 3.83. The van der Waals surface area contributed by atoms with E-state index in [1.54, 1.807) is 0 Å². The van der Waals surface area contributed by atoms with Crippen molar-refractivity contribution in [3.05, 3.63) is 28.2 Å². The lowest BCUT2D eigenvalue weighted by Gasteiger charge is -2.08. The summed E-state index contributed by atoms with van der Waals surface area (Å²) in [4.78, 5) is 0. The van der Waals surface area contributed by atoms with Crippen LogP contribution in [-0.4, -0.2) is 19.3 Å². The first kappa shape index (κ1) is 13.5. The van der Waals surface area contributed by atoms with E-state index in [0.29, 0.717) is 19.8 Å². The van der Waals surface area contributed by atoms with Crippen LogP contribution in [0.25, 0.3) is 0 Å². The van der Waals surface area contributed by atoms with E-state index in [-0.39, 0.29) is 6.10 Å². The minimum Gasteiger partial charge on any atom is -0.398 e. The van der Waals surface area contributed by atoms with Crippen molar-refractivity contribution in [1.82, 2.24) is 0 Å². The highest BCUT2D eigenvalue weighted by molar-refractivity contribution is 9.10. The molecule has 0 atom stereocenters. The zero-order chi connectivity index (χ0) is 12.0. The van der Waals surface area contributed by atoms with Crippen LogP contribution in [0.15, 0.2) is 22.7 Å². The van der Waals surface area contributed by atoms with E-state index >= 15 is 0 Å². The molecule has 0 aliphatic carbocycles. The van der Waals surface area contributed by atoms with Gasteiger partial charge in [0.05, 0.1) is 25.9 Å². The Bertz CT molecular complexity index is 329. The fraction of sp³-hybridized carbons (Fsp3) is 0.500. The predicted octanol–water partition coefficient (Wildman–Crippen LogP) is 2.97. The minimum atomic E-state index is 0.256. The number of halogens is 1. The van der Waals surface area contributed by atoms with Crippen LogP contribution < -0.4 is 5.73 Å². The lowest BCUT2D eigenvalue weighted by atomic mass is 10.2. The molecule has 0 aliphatic rings. The second-order valence-corrected chi connectivity index (χ2v) is 4.68. The maximum Gasteiger partial charge on any atom is 0.0718 e. The third-order valence-electron chi connectivity index (χ3n) is 2.01. The van der Waals surface area contributed by atoms with E-state index in [9.17, 15) is 0 Å². The van der Waals surface area contributed by atoms with Crippen molar-refractivity contribution in [3.8, 4) is 0 Å². The van der Waals surface area contributed by atoms with E-state index in [1.807, 2.05) is 32.0 Å². The average Bonchev–Trinajstić information content (AvgIpc) is 2.22. The monoisotopic (exact) mass is 287 g/mol. The molecule has 0 aromatic heterocycles. The molecule has 3 nitrogen and oxygen atoms in total. The van der Waals surface area contributed by atoms with Crippen molar-refractivity contribution in [2.24, 2.45) is 0 Å². The number of rotatable bonds is 6. The third kappa shape index (κ3) is 4.96. The summed E-state index contributed by atoms with van der Waals surface area (Å²) in [5, 5.41) is 0. The molecule has 0 saturated carbocycles. The highest BCUT2D eigenvalue weighted by Crippen LogP contribution is 2.20. The van der Waals surface area contributed by atoms with Gasteiger partial charge in [0, 0.05) is 10.2 Å². The van der Waals surface area contributed by atoms with Crippen molar-refractivity contribution in [2.75, 3.05) is 18.9 Å². The fourth-order valence-corrected chi connectivity index (χ4v) is 1.46. The topological polar surface area (TPSA) is 44.5 Å². The predicted molar refractivity (Wildman–Crippen MR) is 69.3 cm³/mol. The molecule has 0 amide bonds. The Labute approximate surface area is 105 Å². The Balaban J connectivity index is 2.24. The first-order valence-electron chi connectivity index (χ1n) is 5.33. The van der Waals surface area contributed by atoms with Crippen LogP contribution in [0.4, 0.5) is 5.69 Å². The standard InChI is InChI=1S/C12H18BrNO2/c1-9(2)16-6-5-15-8-10-3-4-11(13)12(14)7-10/h3-4,7,9H,5-6,8,14H2,1-2H3. The fourth-order valence-electron chi connectivity index (χ4n) is 1.22. The summed E-state index contributed by atoms with van der Waals surface area (Å²) in [6.45, 7) is 5.82. The van der Waals surface area contributed by atoms with Gasteiger partial charge in [0.15, 0.2) is 0 Å². The van der Waals surface area contributed by atoms with Crippen LogP contribution in [-0.2, 0) is 16.1 Å². The van der Waals surface area contributed by atoms with Crippen LogP contribution >= 0.6 is 15.9 Å². The Hall–Kier alpha value is -0.580. The molecular formula is C12H18BrNO2. The van der Waals surface area contributed by atoms with Crippen molar-refractivity contribution >= 4 is 21.6 Å². The van der Waals surface area contributed by atoms with Crippen molar-refractivity contribution in [2.45, 2.75) is 26.6 Å². The first-order valence-corrected chi connectivity index (χ1v) is 6.12. The minimum absolute atomic E-state index is 0.256. The van der Waals surface area contributed by atoms with Crippen molar-refractivity contribution in [3.63, 3.8) is 0 Å². The van der Waals surface area contributed by atoms with Gasteiger partial charge < -0.3 is 15.2 Å². The van der Waals surface area contributed by atoms with E-state index in [0.717, 1.165) is 15.7 Å². The molecule has 0 spiro atoms. The van der Waals surface area contributed by atoms with Gasteiger partial charge in [-0.3, -0.25) is 0 Å². The second kappa shape index (κ2) is 6.89. The molecule has 0 aliphatic heterocycles. The van der Waals surface area contributed by atoms with E-state index in [4.69, 9.17) is 15.2 Å². The summed E-state index contributed by atoms with van der Waals surface area (Å²) in [5.74, 6) is 0. The number of nitrogen functional groups attached to an aromatic ring is 1. The van der Waals surface area contributed by atoms with Gasteiger partial charge in [-0.15, -0.1) is 0 Å². The normalized spacial score (nSPS) is 11.0. The maximum atomic E-state index is 5.76. The highest BCUT2D eigenvalue weighted by Gasteiger charge is 1.99. The Morgan fingerprint density at radius 2 is 2.06 bits per heavy atom. The molecule has 0 saturated heterocycles. The SMILES string of the molecule is CC(C)OCCOCc1ccc(Br)c(N)c1. The number of anilines is 1. The summed E-state index contributed by atoms with van der Waals surface area (Å²) in [5.41, 5.74) is 7.57. The van der Waals surface area contributed by atoms with Gasteiger partial charge in [-0.05, 0) is 47.5 Å². The van der Waals surface area contributed by atoms with Gasteiger partial charge in [-0.1, -0.05) is 6.07 Å². The van der Waals surface area contributed by atoms with Gasteiger partial charge in [-0.25, -0.2) is 0 Å². The molecule has 0 unspecified atom stereocenters. The summed E-state index contributed by atoms with van der Waals surface area (Å²) in [6.07, 6.45) is 0.256. The number of benzene rings is 1. The van der Waals surface area contributed by atoms with Crippen LogP contribution in [0.1, 0.15) is 19.4 Å². The quantitative estimate of drug-likeness (QED) is 0.646. The van der Waals surface area contributed by atoms with Crippen LogP contribution in [0.3, 0.4) is 0 Å². The lowest BCUT2D eigenvalue weighted by molar-refractivity contribution is 0.0143. The molecule has 16 heavy (non-hydrogen) atoms. The highest BCUT2D eigenvalue weighted by atomic mass is 79.9. The van der Waals surface area contributed by atoms with Crippen LogP contribution in [0.5, 0.6) is 0 Å². The average molecular weight is 288 g/mol. The van der Waals surface area contributed by atoms with Crippen LogP contribution in [0.2, 0.25) is 0 Å². The number of hydrogen-bond acceptors (Lipinski definition) is 3. The number of nitrogens with two attached hydrogens (primary N) is 1. The summed E-state index contributed by atoms with van der Waals surface area (Å²) >= 11 is 3.35. The zero-order valence-electron chi connectivity index (χ0n) is 9.70. The molecule has 0 radical (unpaired) electrons. The van der Waals surface area contributed by atoms with E-state index in [1.165, 1.54) is 0 Å². The van der Waals surface area contributed by atoms with Crippen molar-refractivity contribution < 1.29 is 9.47 Å². The molecule has 1 aromatic carbocycles. The largest absolute Gasteiger partial charge is 0.398 e. The molecule has 1 rings (SSSR count). The number of ether oxygens (including phenoxy) is 2. The van der Waals surface area contributed by atoms with Crippen molar-refractivity contribution in [1.29, 1.82) is 0 Å². The molecule has 0 bridgehead atoms. The summed E-state index contributed by atoms with van der Waals surface area (Å²) in [6, 6.07) is 5.83. The Morgan fingerprint density at radius 3 is 2.69 bits per heavy atom. The zero-order valence-corrected chi connectivity index (χ0v) is 11.3. The first-order chi connectivity index (χ1) is 7.59. The molecule has 0 heterocycles.